The predicted octanol–water partition coefficient (Wildman–Crippen LogP) is -0.0858. The number of hydrogen-bond acceptors (Lipinski definition) is 5. The Labute approximate surface area is 154 Å². The maximum absolute atomic E-state index is 12.5. The van der Waals surface area contributed by atoms with E-state index in [4.69, 9.17) is 10.0 Å². The topological polar surface area (TPSA) is 102 Å². The first-order valence-corrected chi connectivity index (χ1v) is 8.48. The summed E-state index contributed by atoms with van der Waals surface area (Å²) >= 11 is 0. The van der Waals surface area contributed by atoms with Gasteiger partial charge in [0, 0.05) is 13.1 Å². The van der Waals surface area contributed by atoms with Gasteiger partial charge in [-0.05, 0) is 30.5 Å². The zero-order valence-electron chi connectivity index (χ0n) is 14.5. The third kappa shape index (κ3) is 6.23. The van der Waals surface area contributed by atoms with Gasteiger partial charge in [0.15, 0.2) is 0 Å². The summed E-state index contributed by atoms with van der Waals surface area (Å²) in [5.41, 5.74) is -0.135. The van der Waals surface area contributed by atoms with Crippen molar-refractivity contribution < 1.29 is 32.8 Å². The predicted molar refractivity (Wildman–Crippen MR) is 91.1 cm³/mol. The van der Waals surface area contributed by atoms with Crippen LogP contribution >= 0.6 is 0 Å². The number of nitrogens with one attached hydrogen (secondary N) is 2. The molecule has 11 heteroatoms. The molecule has 1 heterocycles. The van der Waals surface area contributed by atoms with Gasteiger partial charge in [0.05, 0.1) is 18.6 Å². The SMILES string of the molecule is O=C(NCB(O)O)C1CCCN1C(=O)CNCc1ccc(C(F)(F)F)cc1. The average molecular weight is 387 g/mol. The molecule has 148 valence electrons. The second kappa shape index (κ2) is 9.20. The van der Waals surface area contributed by atoms with E-state index in [1.807, 2.05) is 0 Å². The van der Waals surface area contributed by atoms with E-state index in [0.717, 1.165) is 12.1 Å². The van der Waals surface area contributed by atoms with Crippen molar-refractivity contribution in [2.75, 3.05) is 19.5 Å². The summed E-state index contributed by atoms with van der Waals surface area (Å²) in [4.78, 5) is 25.8. The van der Waals surface area contributed by atoms with Crippen LogP contribution < -0.4 is 10.6 Å². The summed E-state index contributed by atoms with van der Waals surface area (Å²) in [6.07, 6.45) is -3.56. The van der Waals surface area contributed by atoms with Crippen LogP contribution in [0.2, 0.25) is 0 Å². The molecule has 2 amide bonds. The molecule has 27 heavy (non-hydrogen) atoms. The first-order valence-electron chi connectivity index (χ1n) is 8.48. The second-order valence-electron chi connectivity index (χ2n) is 6.27. The Morgan fingerprint density at radius 3 is 2.48 bits per heavy atom. The fourth-order valence-corrected chi connectivity index (χ4v) is 2.87. The van der Waals surface area contributed by atoms with Gasteiger partial charge in [0.25, 0.3) is 0 Å². The van der Waals surface area contributed by atoms with Gasteiger partial charge in [-0.25, -0.2) is 0 Å². The van der Waals surface area contributed by atoms with Gasteiger partial charge in [-0.15, -0.1) is 0 Å². The quantitative estimate of drug-likeness (QED) is 0.490. The van der Waals surface area contributed by atoms with Crippen LogP contribution in [0.5, 0.6) is 0 Å². The zero-order chi connectivity index (χ0) is 20.0. The molecule has 1 atom stereocenters. The number of carbonyl (C=O) groups is 2. The van der Waals surface area contributed by atoms with Crippen LogP contribution in [0.1, 0.15) is 24.0 Å². The van der Waals surface area contributed by atoms with E-state index in [9.17, 15) is 22.8 Å². The number of nitrogens with zero attached hydrogens (tertiary/aromatic N) is 1. The van der Waals surface area contributed by atoms with Crippen LogP contribution in [0, 0.1) is 0 Å². The summed E-state index contributed by atoms with van der Waals surface area (Å²) in [5, 5.41) is 22.8. The van der Waals surface area contributed by atoms with Crippen molar-refractivity contribution in [3.05, 3.63) is 35.4 Å². The van der Waals surface area contributed by atoms with Crippen LogP contribution in [-0.4, -0.2) is 59.5 Å². The summed E-state index contributed by atoms with van der Waals surface area (Å²) in [6.45, 7) is 0.569. The summed E-state index contributed by atoms with van der Waals surface area (Å²) in [6, 6.07) is 3.98. The fourth-order valence-electron chi connectivity index (χ4n) is 2.87. The maximum atomic E-state index is 12.5. The zero-order valence-corrected chi connectivity index (χ0v) is 14.5. The summed E-state index contributed by atoms with van der Waals surface area (Å²) < 4.78 is 37.6. The lowest BCUT2D eigenvalue weighted by molar-refractivity contribution is -0.137. The number of carbonyl (C=O) groups excluding carboxylic acids is 2. The van der Waals surface area contributed by atoms with Crippen LogP contribution in [0.3, 0.4) is 0 Å². The van der Waals surface area contributed by atoms with Gasteiger partial charge in [0.2, 0.25) is 11.8 Å². The van der Waals surface area contributed by atoms with Crippen molar-refractivity contribution in [3.63, 3.8) is 0 Å². The lowest BCUT2D eigenvalue weighted by Gasteiger charge is -2.24. The molecular formula is C16H21BF3N3O4. The molecule has 0 saturated carbocycles. The minimum atomic E-state index is -4.39. The molecule has 1 aliphatic rings. The monoisotopic (exact) mass is 387 g/mol. The van der Waals surface area contributed by atoms with Crippen molar-refractivity contribution in [2.45, 2.75) is 31.6 Å². The molecule has 0 aromatic heterocycles. The molecule has 1 aromatic rings. The van der Waals surface area contributed by atoms with Crippen molar-refractivity contribution in [1.82, 2.24) is 15.5 Å². The van der Waals surface area contributed by atoms with E-state index in [1.54, 1.807) is 0 Å². The molecule has 7 nitrogen and oxygen atoms in total. The molecule has 1 fully saturated rings. The molecule has 1 aromatic carbocycles. The Kier molecular flexibility index (Phi) is 7.22. The molecule has 1 unspecified atom stereocenters. The second-order valence-corrected chi connectivity index (χ2v) is 6.27. The van der Waals surface area contributed by atoms with Crippen LogP contribution in [0.4, 0.5) is 13.2 Å². The standard InChI is InChI=1S/C16H21BF3N3O4/c18-16(19,20)12-5-3-11(4-6-12)8-21-9-14(24)23-7-1-2-13(23)15(25)22-10-17(26)27/h3-6,13,21,26-27H,1-2,7-10H2,(H,22,25). The number of halogens is 3. The molecule has 0 spiro atoms. The third-order valence-electron chi connectivity index (χ3n) is 4.22. The lowest BCUT2D eigenvalue weighted by Crippen LogP contribution is -2.50. The van der Waals surface area contributed by atoms with Gasteiger partial charge < -0.3 is 25.6 Å². The Hall–Kier alpha value is -2.11. The van der Waals surface area contributed by atoms with Gasteiger partial charge in [-0.1, -0.05) is 12.1 Å². The van der Waals surface area contributed by atoms with Gasteiger partial charge in [-0.2, -0.15) is 13.2 Å². The van der Waals surface area contributed by atoms with E-state index < -0.39 is 30.8 Å². The number of amides is 2. The highest BCUT2D eigenvalue weighted by Crippen LogP contribution is 2.29. The van der Waals surface area contributed by atoms with Crippen LogP contribution in [0.25, 0.3) is 0 Å². The fraction of sp³-hybridized carbons (Fsp3) is 0.500. The molecule has 0 aliphatic carbocycles. The first kappa shape index (κ1) is 21.2. The highest BCUT2D eigenvalue weighted by atomic mass is 19.4. The smallest absolute Gasteiger partial charge is 0.426 e. The highest BCUT2D eigenvalue weighted by Gasteiger charge is 2.34. The molecular weight excluding hydrogens is 366 g/mol. The van der Waals surface area contributed by atoms with Gasteiger partial charge in [-0.3, -0.25) is 9.59 Å². The molecule has 0 radical (unpaired) electrons. The summed E-state index contributed by atoms with van der Waals surface area (Å²) in [5.74, 6) is -0.749. The van der Waals surface area contributed by atoms with E-state index in [-0.39, 0.29) is 25.4 Å². The molecule has 1 aliphatic heterocycles. The molecule has 1 saturated heterocycles. The number of alkyl halides is 3. The number of rotatable bonds is 7. The van der Waals surface area contributed by atoms with Gasteiger partial charge >= 0.3 is 13.3 Å². The number of likely N-dealkylation sites (tertiary alicyclic amines) is 1. The third-order valence-corrected chi connectivity index (χ3v) is 4.22. The van der Waals surface area contributed by atoms with Gasteiger partial charge in [0.1, 0.15) is 6.04 Å². The van der Waals surface area contributed by atoms with Crippen LogP contribution in [0.15, 0.2) is 24.3 Å². The van der Waals surface area contributed by atoms with Crippen molar-refractivity contribution in [2.24, 2.45) is 0 Å². The Morgan fingerprint density at radius 1 is 1.22 bits per heavy atom. The Morgan fingerprint density at radius 2 is 1.89 bits per heavy atom. The first-order chi connectivity index (χ1) is 12.7. The molecule has 2 rings (SSSR count). The Balaban J connectivity index is 1.81. The van der Waals surface area contributed by atoms with Crippen molar-refractivity contribution >= 4 is 18.9 Å². The van der Waals surface area contributed by atoms with E-state index in [0.29, 0.717) is 24.9 Å². The van der Waals surface area contributed by atoms with E-state index >= 15 is 0 Å². The molecule has 0 bridgehead atoms. The van der Waals surface area contributed by atoms with Crippen molar-refractivity contribution in [1.29, 1.82) is 0 Å². The van der Waals surface area contributed by atoms with Crippen molar-refractivity contribution in [3.8, 4) is 0 Å². The van der Waals surface area contributed by atoms with E-state index in [1.165, 1.54) is 17.0 Å². The Bertz CT molecular complexity index is 655. The highest BCUT2D eigenvalue weighted by molar-refractivity contribution is 6.41. The average Bonchev–Trinajstić information content (AvgIpc) is 3.09. The number of benzene rings is 1. The summed E-state index contributed by atoms with van der Waals surface area (Å²) in [7, 11) is -1.66. The number of hydrogen-bond donors (Lipinski definition) is 4. The minimum absolute atomic E-state index is 0.0621. The van der Waals surface area contributed by atoms with Crippen LogP contribution in [-0.2, 0) is 22.3 Å². The lowest BCUT2D eigenvalue weighted by atomic mass is 9.92. The maximum Gasteiger partial charge on any atom is 0.472 e. The van der Waals surface area contributed by atoms with E-state index in [2.05, 4.69) is 10.6 Å². The largest absolute Gasteiger partial charge is 0.472 e. The normalized spacial score (nSPS) is 17.1. The minimum Gasteiger partial charge on any atom is -0.426 e. The molecule has 4 N–H and O–H groups in total.